The SMILES string of the molecule is CCCCCCCCCCCCCCCCCCCCCC(=O)N[C@@H](COP(=O)(O)O[C@H]1C(O)C(O)C(O)[C@@H](O)C1O[C@H]1O[C@H](CO)[C@@H](O)C(O)C1O)[C@H](O)[C@H](O)CCCCCCCCCCCCCCCC. The first-order chi connectivity index (χ1) is 35.1. The van der Waals surface area contributed by atoms with Crippen molar-refractivity contribution in [2.75, 3.05) is 13.2 Å². The van der Waals surface area contributed by atoms with Crippen LogP contribution in [-0.4, -0.2) is 161 Å². The normalized spacial score (nSPS) is 27.7. The molecule has 1 amide bonds. The lowest BCUT2D eigenvalue weighted by atomic mass is 9.84. The van der Waals surface area contributed by atoms with Crippen LogP contribution in [0.25, 0.3) is 0 Å². The van der Waals surface area contributed by atoms with Crippen LogP contribution in [0.1, 0.15) is 239 Å². The molecule has 7 unspecified atom stereocenters. The Kier molecular flexibility index (Phi) is 38.5. The summed E-state index contributed by atoms with van der Waals surface area (Å²) in [5.74, 6) is -0.479. The maximum atomic E-state index is 13.6. The van der Waals surface area contributed by atoms with E-state index in [9.17, 15) is 65.3 Å². The Morgan fingerprint density at radius 3 is 1.30 bits per heavy atom. The fourth-order valence-electron chi connectivity index (χ4n) is 10.0. The largest absolute Gasteiger partial charge is 0.472 e. The van der Waals surface area contributed by atoms with E-state index in [-0.39, 0.29) is 12.8 Å². The second-order valence-corrected chi connectivity index (χ2v) is 22.7. The molecule has 73 heavy (non-hydrogen) atoms. The number of unbranched alkanes of at least 4 members (excludes halogenated alkanes) is 31. The quantitative estimate of drug-likeness (QED) is 0.0215. The van der Waals surface area contributed by atoms with Crippen molar-refractivity contribution in [1.29, 1.82) is 0 Å². The number of aliphatic hydroxyl groups excluding tert-OH is 10. The van der Waals surface area contributed by atoms with Gasteiger partial charge in [0.2, 0.25) is 5.91 Å². The molecule has 2 fully saturated rings. The number of amides is 1. The highest BCUT2D eigenvalue weighted by atomic mass is 31.2. The van der Waals surface area contributed by atoms with Crippen molar-refractivity contribution < 1.29 is 83.8 Å². The summed E-state index contributed by atoms with van der Waals surface area (Å²) < 4.78 is 34.9. The van der Waals surface area contributed by atoms with Crippen LogP contribution in [0, 0.1) is 0 Å². The number of nitrogens with one attached hydrogen (secondary N) is 1. The summed E-state index contributed by atoms with van der Waals surface area (Å²) >= 11 is 0. The minimum atomic E-state index is -5.41. The van der Waals surface area contributed by atoms with Gasteiger partial charge in [0.25, 0.3) is 0 Å². The van der Waals surface area contributed by atoms with Crippen LogP contribution in [0.4, 0.5) is 0 Å². The lowest BCUT2D eigenvalue weighted by Gasteiger charge is -2.47. The smallest absolute Gasteiger partial charge is 0.394 e. The van der Waals surface area contributed by atoms with Crippen molar-refractivity contribution in [3.63, 3.8) is 0 Å². The minimum Gasteiger partial charge on any atom is -0.394 e. The maximum Gasteiger partial charge on any atom is 0.472 e. The van der Waals surface area contributed by atoms with Crippen LogP contribution in [0.5, 0.6) is 0 Å². The summed E-state index contributed by atoms with van der Waals surface area (Å²) in [6, 6.07) is -1.41. The first-order valence-electron chi connectivity index (χ1n) is 29.1. The third-order valence-corrected chi connectivity index (χ3v) is 15.9. The molecule has 2 aliphatic rings. The summed E-state index contributed by atoms with van der Waals surface area (Å²) in [5, 5.41) is 108. The average molecular weight is 1070 g/mol. The highest BCUT2D eigenvalue weighted by molar-refractivity contribution is 7.47. The van der Waals surface area contributed by atoms with Gasteiger partial charge >= 0.3 is 7.82 Å². The van der Waals surface area contributed by atoms with E-state index in [1.54, 1.807) is 0 Å². The molecule has 1 saturated heterocycles. The molecule has 434 valence electrons. The Bertz CT molecular complexity index is 1390. The second-order valence-electron chi connectivity index (χ2n) is 21.3. The van der Waals surface area contributed by atoms with Gasteiger partial charge in [-0.2, -0.15) is 0 Å². The van der Waals surface area contributed by atoms with Crippen molar-refractivity contribution in [1.82, 2.24) is 5.32 Å². The zero-order chi connectivity index (χ0) is 53.9. The van der Waals surface area contributed by atoms with E-state index in [1.807, 2.05) is 0 Å². The van der Waals surface area contributed by atoms with Crippen LogP contribution in [0.15, 0.2) is 0 Å². The van der Waals surface area contributed by atoms with E-state index in [0.29, 0.717) is 12.8 Å². The second kappa shape index (κ2) is 41.2. The van der Waals surface area contributed by atoms with Crippen molar-refractivity contribution in [2.45, 2.75) is 324 Å². The lowest BCUT2D eigenvalue weighted by Crippen LogP contribution is -2.67. The topological polar surface area (TPSA) is 306 Å². The molecule has 19 heteroatoms. The molecule has 0 bridgehead atoms. The Balaban J connectivity index is 1.92. The van der Waals surface area contributed by atoms with Gasteiger partial charge < -0.3 is 70.7 Å². The molecule has 0 spiro atoms. The van der Waals surface area contributed by atoms with E-state index in [1.165, 1.54) is 148 Å². The van der Waals surface area contributed by atoms with Gasteiger partial charge in [0.1, 0.15) is 67.1 Å². The van der Waals surface area contributed by atoms with Gasteiger partial charge in [-0.1, -0.05) is 219 Å². The maximum absolute atomic E-state index is 13.6. The molecular formula is C54H106NO17P. The average Bonchev–Trinajstić information content (AvgIpc) is 3.37. The fraction of sp³-hybridized carbons (Fsp3) is 0.981. The number of carbonyl (C=O) groups is 1. The van der Waals surface area contributed by atoms with Gasteiger partial charge in [-0.25, -0.2) is 4.57 Å². The van der Waals surface area contributed by atoms with Crippen molar-refractivity contribution >= 4 is 13.7 Å². The molecule has 1 heterocycles. The number of phosphoric ester groups is 1. The Hall–Kier alpha value is -0.900. The number of aliphatic hydroxyl groups is 10. The summed E-state index contributed by atoms with van der Waals surface area (Å²) in [4.78, 5) is 24.2. The fourth-order valence-corrected chi connectivity index (χ4v) is 11.0. The Labute approximate surface area is 439 Å². The number of phosphoric acid groups is 1. The highest BCUT2D eigenvalue weighted by Crippen LogP contribution is 2.48. The van der Waals surface area contributed by atoms with Gasteiger partial charge in [0.05, 0.1) is 25.4 Å². The number of hydrogen-bond donors (Lipinski definition) is 12. The zero-order valence-corrected chi connectivity index (χ0v) is 46.0. The first kappa shape index (κ1) is 68.2. The third kappa shape index (κ3) is 28.5. The summed E-state index contributed by atoms with van der Waals surface area (Å²) in [6.07, 6.45) is 14.2. The van der Waals surface area contributed by atoms with Crippen LogP contribution in [-0.2, 0) is 27.9 Å². The first-order valence-corrected chi connectivity index (χ1v) is 30.6. The molecule has 12 N–H and O–H groups in total. The van der Waals surface area contributed by atoms with E-state index in [2.05, 4.69) is 19.2 Å². The van der Waals surface area contributed by atoms with Crippen LogP contribution in [0.2, 0.25) is 0 Å². The molecule has 1 saturated carbocycles. The molecule has 18 nitrogen and oxygen atoms in total. The van der Waals surface area contributed by atoms with E-state index in [4.69, 9.17) is 18.5 Å². The van der Waals surface area contributed by atoms with Crippen LogP contribution < -0.4 is 5.32 Å². The van der Waals surface area contributed by atoms with Crippen LogP contribution in [0.3, 0.4) is 0 Å². The number of rotatable bonds is 46. The Morgan fingerprint density at radius 2 is 0.890 bits per heavy atom. The van der Waals surface area contributed by atoms with Crippen LogP contribution >= 0.6 is 7.82 Å². The molecule has 0 aromatic rings. The minimum absolute atomic E-state index is 0.0910. The van der Waals surface area contributed by atoms with Crippen molar-refractivity contribution in [3.8, 4) is 0 Å². The summed E-state index contributed by atoms with van der Waals surface area (Å²) in [6.45, 7) is 2.76. The summed E-state index contributed by atoms with van der Waals surface area (Å²) in [7, 11) is -5.41. The van der Waals surface area contributed by atoms with E-state index in [0.717, 1.165) is 51.4 Å². The van der Waals surface area contributed by atoms with Gasteiger partial charge in [-0.15, -0.1) is 0 Å². The molecule has 1 aliphatic heterocycles. The molecule has 0 aromatic carbocycles. The number of carbonyl (C=O) groups excluding carboxylic acids is 1. The van der Waals surface area contributed by atoms with Gasteiger partial charge in [-0.3, -0.25) is 13.8 Å². The van der Waals surface area contributed by atoms with Gasteiger partial charge in [0, 0.05) is 6.42 Å². The predicted octanol–water partition coefficient (Wildman–Crippen LogP) is 7.03. The standard InChI is InChI=1S/C54H106NO17P/c1-3-5-7-9-11-13-15-17-19-20-21-22-23-25-27-29-31-33-35-37-43(58)55-40(44(59)41(57)36-34-32-30-28-26-24-18-16-14-12-10-8-6-4-2)39-69-73(67,68)72-53-50(65)48(63)47(62)49(64)52(53)71-54-51(66)46(61)45(60)42(38-56)70-54/h40-42,44-54,56-57,59-66H,3-39H2,1-2H3,(H,55,58)(H,67,68)/t40-,41+,42+,44-,45+,46?,47?,48?,49+,50?,51?,52?,53-,54+/m0/s1. The molecule has 1 aliphatic carbocycles. The number of ether oxygens (including phenoxy) is 2. The highest BCUT2D eigenvalue weighted by Gasteiger charge is 2.55. The van der Waals surface area contributed by atoms with E-state index >= 15 is 0 Å². The predicted molar refractivity (Wildman–Crippen MR) is 280 cm³/mol. The van der Waals surface area contributed by atoms with Gasteiger partial charge in [0.15, 0.2) is 6.29 Å². The Morgan fingerprint density at radius 1 is 0.521 bits per heavy atom. The van der Waals surface area contributed by atoms with Gasteiger partial charge in [-0.05, 0) is 12.8 Å². The lowest BCUT2D eigenvalue weighted by molar-refractivity contribution is -0.338. The van der Waals surface area contributed by atoms with E-state index < -0.39 is 113 Å². The number of hydrogen-bond acceptors (Lipinski definition) is 16. The summed E-state index contributed by atoms with van der Waals surface area (Å²) in [5.41, 5.74) is 0. The molecule has 0 radical (unpaired) electrons. The monoisotopic (exact) mass is 1070 g/mol. The van der Waals surface area contributed by atoms with Crippen molar-refractivity contribution in [2.24, 2.45) is 0 Å². The molecular weight excluding hydrogens is 966 g/mol. The molecule has 15 atom stereocenters. The van der Waals surface area contributed by atoms with Crippen molar-refractivity contribution in [3.05, 3.63) is 0 Å². The molecule has 0 aromatic heterocycles. The zero-order valence-electron chi connectivity index (χ0n) is 45.1. The molecule has 2 rings (SSSR count). The third-order valence-electron chi connectivity index (χ3n) is 14.9.